The fourth-order valence-corrected chi connectivity index (χ4v) is 1.66. The highest BCUT2D eigenvalue weighted by atomic mass is 16.6. The summed E-state index contributed by atoms with van der Waals surface area (Å²) in [5, 5.41) is 0. The zero-order valence-electron chi connectivity index (χ0n) is 12.5. The highest BCUT2D eigenvalue weighted by molar-refractivity contribution is 5.82. The molecule has 0 radical (unpaired) electrons. The quantitative estimate of drug-likeness (QED) is 0.794. The van der Waals surface area contributed by atoms with Crippen molar-refractivity contribution in [3.63, 3.8) is 0 Å². The Balaban J connectivity index is 0.000000218. The van der Waals surface area contributed by atoms with Crippen LogP contribution in [0.25, 0.3) is 0 Å². The smallest absolute Gasteiger partial charge is 0.410 e. The van der Waals surface area contributed by atoms with Gasteiger partial charge >= 0.3 is 6.09 Å². The zero-order chi connectivity index (χ0) is 14.7. The first kappa shape index (κ1) is 15.8. The van der Waals surface area contributed by atoms with Crippen LogP contribution in [-0.4, -0.2) is 35.6 Å². The number of ether oxygens (including phenoxy) is 1. The average Bonchev–Trinajstić information content (AvgIpc) is 2.81. The Labute approximate surface area is 115 Å². The first-order valence-corrected chi connectivity index (χ1v) is 6.92. The molecule has 2 rings (SSSR count). The van der Waals surface area contributed by atoms with E-state index in [1.54, 1.807) is 4.90 Å². The van der Waals surface area contributed by atoms with Crippen LogP contribution in [-0.2, 0) is 9.53 Å². The first-order chi connectivity index (χ1) is 8.64. The van der Waals surface area contributed by atoms with Gasteiger partial charge in [0.15, 0.2) is 0 Å². The van der Waals surface area contributed by atoms with E-state index >= 15 is 0 Å². The van der Waals surface area contributed by atoms with Gasteiger partial charge in [0.05, 0.1) is 0 Å². The lowest BCUT2D eigenvalue weighted by Gasteiger charge is -2.23. The van der Waals surface area contributed by atoms with Crippen molar-refractivity contribution in [1.29, 1.82) is 0 Å². The number of nitrogens with zero attached hydrogens (tertiary/aromatic N) is 1. The van der Waals surface area contributed by atoms with Gasteiger partial charge < -0.3 is 15.4 Å². The molecule has 2 amide bonds. The molecule has 19 heavy (non-hydrogen) atoms. The molecule has 0 atom stereocenters. The second-order valence-corrected chi connectivity index (χ2v) is 6.60. The van der Waals surface area contributed by atoms with Crippen molar-refractivity contribution in [1.82, 2.24) is 4.90 Å². The van der Waals surface area contributed by atoms with Crippen LogP contribution in [0.1, 0.15) is 53.4 Å². The van der Waals surface area contributed by atoms with Crippen LogP contribution in [0.4, 0.5) is 4.79 Å². The number of primary amides is 1. The standard InChI is InChI=1S/C9H17NO2.C5H9NO/c1-9(2,3)12-8(11)10-6-4-5-7-10;1-5(2-3-5)4(6)7/h4-7H2,1-3H3;2-3H2,1H3,(H2,6,7). The fourth-order valence-electron chi connectivity index (χ4n) is 1.66. The van der Waals surface area contributed by atoms with Gasteiger partial charge in [-0.1, -0.05) is 6.92 Å². The van der Waals surface area contributed by atoms with Crippen molar-refractivity contribution in [2.24, 2.45) is 11.1 Å². The molecule has 0 spiro atoms. The Morgan fingerprint density at radius 2 is 1.63 bits per heavy atom. The molecular weight excluding hydrogens is 244 g/mol. The molecule has 0 unspecified atom stereocenters. The summed E-state index contributed by atoms with van der Waals surface area (Å²) >= 11 is 0. The lowest BCUT2D eigenvalue weighted by Crippen LogP contribution is -2.34. The van der Waals surface area contributed by atoms with Crippen LogP contribution in [0, 0.1) is 5.41 Å². The molecule has 0 bridgehead atoms. The van der Waals surface area contributed by atoms with Crippen LogP contribution in [0.15, 0.2) is 0 Å². The molecule has 2 N–H and O–H groups in total. The van der Waals surface area contributed by atoms with Crippen molar-refractivity contribution in [3.05, 3.63) is 0 Å². The van der Waals surface area contributed by atoms with Crippen LogP contribution < -0.4 is 5.73 Å². The first-order valence-electron chi connectivity index (χ1n) is 6.92. The third-order valence-corrected chi connectivity index (χ3v) is 3.35. The number of nitrogens with two attached hydrogens (primary N) is 1. The summed E-state index contributed by atoms with van der Waals surface area (Å²) in [5.74, 6) is -0.146. The molecule has 1 saturated heterocycles. The maximum Gasteiger partial charge on any atom is 0.410 e. The van der Waals surface area contributed by atoms with Crippen molar-refractivity contribution in [2.45, 2.75) is 59.0 Å². The summed E-state index contributed by atoms with van der Waals surface area (Å²) in [6, 6.07) is 0. The number of carbonyl (C=O) groups excluding carboxylic acids is 2. The van der Waals surface area contributed by atoms with E-state index in [1.165, 1.54) is 0 Å². The van der Waals surface area contributed by atoms with E-state index in [1.807, 2.05) is 27.7 Å². The Bertz CT molecular complexity index is 337. The summed E-state index contributed by atoms with van der Waals surface area (Å²) in [6.07, 6.45) is 4.03. The molecule has 1 heterocycles. The third-order valence-electron chi connectivity index (χ3n) is 3.35. The normalized spacial score (nSPS) is 20.3. The number of rotatable bonds is 1. The number of likely N-dealkylation sites (tertiary alicyclic amines) is 1. The van der Waals surface area contributed by atoms with Crippen molar-refractivity contribution < 1.29 is 14.3 Å². The van der Waals surface area contributed by atoms with Gasteiger partial charge in [-0.2, -0.15) is 0 Å². The molecule has 1 saturated carbocycles. The number of amides is 2. The Kier molecular flexibility index (Phi) is 4.82. The molecule has 0 aromatic rings. The third kappa shape index (κ3) is 5.49. The summed E-state index contributed by atoms with van der Waals surface area (Å²) in [5.41, 5.74) is 4.52. The molecule has 2 fully saturated rings. The molecule has 0 aromatic heterocycles. The van der Waals surface area contributed by atoms with Gasteiger partial charge in [0.25, 0.3) is 0 Å². The minimum atomic E-state index is -0.361. The molecule has 5 nitrogen and oxygen atoms in total. The van der Waals surface area contributed by atoms with Gasteiger partial charge in [0.2, 0.25) is 5.91 Å². The summed E-state index contributed by atoms with van der Waals surface area (Å²) in [7, 11) is 0. The second kappa shape index (κ2) is 5.80. The van der Waals surface area contributed by atoms with E-state index in [0.717, 1.165) is 38.8 Å². The average molecular weight is 270 g/mol. The maximum atomic E-state index is 11.4. The molecule has 1 aliphatic heterocycles. The Morgan fingerprint density at radius 1 is 1.16 bits per heavy atom. The van der Waals surface area contributed by atoms with E-state index in [9.17, 15) is 9.59 Å². The SMILES string of the molecule is CC(C)(C)OC(=O)N1CCCC1.CC1(C(N)=O)CC1. The molecule has 5 heteroatoms. The van der Waals surface area contributed by atoms with E-state index < -0.39 is 0 Å². The van der Waals surface area contributed by atoms with Crippen molar-refractivity contribution >= 4 is 12.0 Å². The summed E-state index contributed by atoms with van der Waals surface area (Å²) < 4.78 is 5.21. The van der Waals surface area contributed by atoms with Gasteiger partial charge in [-0.3, -0.25) is 4.79 Å². The van der Waals surface area contributed by atoms with Gasteiger partial charge in [0.1, 0.15) is 5.60 Å². The van der Waals surface area contributed by atoms with E-state index in [0.29, 0.717) is 0 Å². The van der Waals surface area contributed by atoms with Gasteiger partial charge in [-0.15, -0.1) is 0 Å². The topological polar surface area (TPSA) is 72.6 Å². The van der Waals surface area contributed by atoms with Crippen LogP contribution in [0.5, 0.6) is 0 Å². The zero-order valence-corrected chi connectivity index (χ0v) is 12.5. The largest absolute Gasteiger partial charge is 0.444 e. The number of hydrogen-bond donors (Lipinski definition) is 1. The fraction of sp³-hybridized carbons (Fsp3) is 0.857. The molecule has 2 aliphatic rings. The predicted octanol–water partition coefficient (Wildman–Crippen LogP) is 2.29. The minimum absolute atomic E-state index is 0.111. The van der Waals surface area contributed by atoms with Crippen molar-refractivity contribution in [3.8, 4) is 0 Å². The maximum absolute atomic E-state index is 11.4. The van der Waals surface area contributed by atoms with E-state index in [2.05, 4.69) is 0 Å². The molecular formula is C14H26N2O3. The van der Waals surface area contributed by atoms with Crippen LogP contribution >= 0.6 is 0 Å². The highest BCUT2D eigenvalue weighted by Crippen LogP contribution is 2.44. The van der Waals surface area contributed by atoms with Crippen LogP contribution in [0.3, 0.4) is 0 Å². The monoisotopic (exact) mass is 270 g/mol. The predicted molar refractivity (Wildman–Crippen MR) is 73.6 cm³/mol. The van der Waals surface area contributed by atoms with Gasteiger partial charge in [-0.05, 0) is 46.5 Å². The van der Waals surface area contributed by atoms with Gasteiger partial charge in [-0.25, -0.2) is 4.79 Å². The number of carbonyl (C=O) groups is 2. The molecule has 1 aliphatic carbocycles. The molecule has 110 valence electrons. The van der Waals surface area contributed by atoms with Crippen molar-refractivity contribution in [2.75, 3.05) is 13.1 Å². The van der Waals surface area contributed by atoms with E-state index in [-0.39, 0.29) is 23.0 Å². The highest BCUT2D eigenvalue weighted by Gasteiger charge is 2.43. The lowest BCUT2D eigenvalue weighted by atomic mass is 10.1. The molecule has 0 aromatic carbocycles. The minimum Gasteiger partial charge on any atom is -0.444 e. The summed E-state index contributed by atoms with van der Waals surface area (Å²) in [4.78, 5) is 23.4. The van der Waals surface area contributed by atoms with Gasteiger partial charge in [0, 0.05) is 18.5 Å². The van der Waals surface area contributed by atoms with Crippen LogP contribution in [0.2, 0.25) is 0 Å². The second-order valence-electron chi connectivity index (χ2n) is 6.60. The Morgan fingerprint density at radius 3 is 1.89 bits per heavy atom. The van der Waals surface area contributed by atoms with E-state index in [4.69, 9.17) is 10.5 Å². The number of hydrogen-bond acceptors (Lipinski definition) is 3. The Hall–Kier alpha value is -1.26. The summed E-state index contributed by atoms with van der Waals surface area (Å²) in [6.45, 7) is 9.28. The lowest BCUT2D eigenvalue weighted by molar-refractivity contribution is -0.122.